The number of amides is 4. The molecule has 1 aliphatic heterocycles. The first-order chi connectivity index (χ1) is 11.4. The molecule has 2 rings (SSSR count). The van der Waals surface area contributed by atoms with Crippen molar-refractivity contribution in [3.63, 3.8) is 0 Å². The molecular weight excluding hydrogens is 304 g/mol. The SMILES string of the molecule is C=CCN1C(=C)N(NC)C(=O)N(Cc2ccccc2C(C)C)C1=O. The molecule has 0 bridgehead atoms. The molecule has 4 amide bonds. The summed E-state index contributed by atoms with van der Waals surface area (Å²) in [4.78, 5) is 28.1. The summed E-state index contributed by atoms with van der Waals surface area (Å²) in [6.07, 6.45) is 1.60. The van der Waals surface area contributed by atoms with Crippen molar-refractivity contribution in [2.75, 3.05) is 13.6 Å². The average molecular weight is 328 g/mol. The molecule has 6 heteroatoms. The summed E-state index contributed by atoms with van der Waals surface area (Å²) in [7, 11) is 1.62. The van der Waals surface area contributed by atoms with Crippen LogP contribution >= 0.6 is 0 Å². The summed E-state index contributed by atoms with van der Waals surface area (Å²) >= 11 is 0. The maximum atomic E-state index is 12.8. The molecule has 0 saturated carbocycles. The Labute approximate surface area is 143 Å². The van der Waals surface area contributed by atoms with Crippen molar-refractivity contribution in [2.24, 2.45) is 0 Å². The van der Waals surface area contributed by atoms with Gasteiger partial charge in [0.1, 0.15) is 5.82 Å². The van der Waals surface area contributed by atoms with Gasteiger partial charge in [-0.3, -0.25) is 4.90 Å². The van der Waals surface area contributed by atoms with E-state index >= 15 is 0 Å². The number of hydrogen-bond donors (Lipinski definition) is 1. The van der Waals surface area contributed by atoms with E-state index in [1.54, 1.807) is 13.1 Å². The number of nitrogens with one attached hydrogen (secondary N) is 1. The molecule has 0 spiro atoms. The monoisotopic (exact) mass is 328 g/mol. The second-order valence-corrected chi connectivity index (χ2v) is 5.88. The standard InChI is InChI=1S/C18H24N4O2/c1-6-11-20-14(4)22(19-5)18(24)21(17(20)23)12-15-9-7-8-10-16(15)13(2)3/h6-10,13,19H,1,4,11-12H2,2-3,5H3. The Bertz CT molecular complexity index is 669. The predicted octanol–water partition coefficient (Wildman–Crippen LogP) is 3.26. The van der Waals surface area contributed by atoms with Gasteiger partial charge in [0, 0.05) is 13.6 Å². The molecular formula is C18H24N4O2. The van der Waals surface area contributed by atoms with Crippen LogP contribution in [0, 0.1) is 0 Å². The Kier molecular flexibility index (Phi) is 5.41. The fraction of sp³-hybridized carbons (Fsp3) is 0.333. The maximum absolute atomic E-state index is 12.8. The Morgan fingerprint density at radius 3 is 2.42 bits per heavy atom. The molecule has 128 valence electrons. The topological polar surface area (TPSA) is 55.9 Å². The van der Waals surface area contributed by atoms with Crippen LogP contribution in [0.5, 0.6) is 0 Å². The second-order valence-electron chi connectivity index (χ2n) is 5.88. The lowest BCUT2D eigenvalue weighted by Gasteiger charge is -2.41. The van der Waals surface area contributed by atoms with E-state index in [9.17, 15) is 9.59 Å². The Balaban J connectivity index is 2.37. The van der Waals surface area contributed by atoms with Crippen LogP contribution in [-0.2, 0) is 6.54 Å². The van der Waals surface area contributed by atoms with Gasteiger partial charge in [-0.2, -0.15) is 0 Å². The molecule has 0 radical (unpaired) electrons. The van der Waals surface area contributed by atoms with Crippen molar-refractivity contribution >= 4 is 12.1 Å². The number of urea groups is 2. The lowest BCUT2D eigenvalue weighted by Crippen LogP contribution is -2.61. The molecule has 1 heterocycles. The first-order valence-corrected chi connectivity index (χ1v) is 7.90. The maximum Gasteiger partial charge on any atom is 0.348 e. The van der Waals surface area contributed by atoms with Crippen molar-refractivity contribution in [3.8, 4) is 0 Å². The molecule has 1 saturated heterocycles. The minimum absolute atomic E-state index is 0.213. The van der Waals surface area contributed by atoms with Crippen molar-refractivity contribution in [1.29, 1.82) is 0 Å². The zero-order valence-electron chi connectivity index (χ0n) is 14.5. The van der Waals surface area contributed by atoms with Crippen LogP contribution in [0.25, 0.3) is 0 Å². The van der Waals surface area contributed by atoms with Gasteiger partial charge < -0.3 is 0 Å². The highest BCUT2D eigenvalue weighted by atomic mass is 16.2. The van der Waals surface area contributed by atoms with E-state index in [-0.39, 0.29) is 13.1 Å². The molecule has 1 aromatic rings. The highest BCUT2D eigenvalue weighted by molar-refractivity contribution is 5.97. The third-order valence-electron chi connectivity index (χ3n) is 3.99. The van der Waals surface area contributed by atoms with Gasteiger partial charge in [-0.25, -0.2) is 24.9 Å². The van der Waals surface area contributed by atoms with Crippen molar-refractivity contribution in [1.82, 2.24) is 20.2 Å². The van der Waals surface area contributed by atoms with E-state index in [0.29, 0.717) is 11.7 Å². The number of hydrazine groups is 1. The number of hydrogen-bond acceptors (Lipinski definition) is 3. The van der Waals surface area contributed by atoms with E-state index in [1.165, 1.54) is 14.8 Å². The van der Waals surface area contributed by atoms with E-state index in [0.717, 1.165) is 11.1 Å². The van der Waals surface area contributed by atoms with Crippen LogP contribution in [0.1, 0.15) is 30.9 Å². The van der Waals surface area contributed by atoms with Gasteiger partial charge in [0.25, 0.3) is 0 Å². The molecule has 1 fully saturated rings. The highest BCUT2D eigenvalue weighted by Crippen LogP contribution is 2.25. The normalized spacial score (nSPS) is 15.5. The van der Waals surface area contributed by atoms with Crippen LogP contribution < -0.4 is 5.43 Å². The van der Waals surface area contributed by atoms with E-state index < -0.39 is 12.1 Å². The number of rotatable bonds is 6. The summed E-state index contributed by atoms with van der Waals surface area (Å²) < 4.78 is 0. The second kappa shape index (κ2) is 7.31. The van der Waals surface area contributed by atoms with Crippen LogP contribution in [0.3, 0.4) is 0 Å². The third-order valence-corrected chi connectivity index (χ3v) is 3.99. The van der Waals surface area contributed by atoms with Gasteiger partial charge in [-0.15, -0.1) is 6.58 Å². The molecule has 0 aromatic heterocycles. The number of benzene rings is 1. The molecule has 1 aliphatic rings. The van der Waals surface area contributed by atoms with Gasteiger partial charge in [0.2, 0.25) is 0 Å². The van der Waals surface area contributed by atoms with E-state index in [4.69, 9.17) is 0 Å². The number of nitrogens with zero attached hydrogens (tertiary/aromatic N) is 3. The third kappa shape index (κ3) is 3.19. The fourth-order valence-electron chi connectivity index (χ4n) is 2.77. The van der Waals surface area contributed by atoms with Crippen molar-refractivity contribution in [3.05, 3.63) is 60.4 Å². The first kappa shape index (κ1) is 17.7. The predicted molar refractivity (Wildman–Crippen MR) is 93.8 cm³/mol. The van der Waals surface area contributed by atoms with Crippen molar-refractivity contribution in [2.45, 2.75) is 26.3 Å². The molecule has 1 N–H and O–H groups in total. The highest BCUT2D eigenvalue weighted by Gasteiger charge is 2.39. The summed E-state index contributed by atoms with van der Waals surface area (Å²) in [5, 5.41) is 1.27. The molecule has 0 atom stereocenters. The van der Waals surface area contributed by atoms with Gasteiger partial charge in [0.15, 0.2) is 0 Å². The smallest absolute Gasteiger partial charge is 0.275 e. The van der Waals surface area contributed by atoms with Crippen molar-refractivity contribution < 1.29 is 9.59 Å². The molecule has 6 nitrogen and oxygen atoms in total. The summed E-state index contributed by atoms with van der Waals surface area (Å²) in [6, 6.07) is 7.01. The van der Waals surface area contributed by atoms with E-state index in [1.807, 2.05) is 24.3 Å². The summed E-state index contributed by atoms with van der Waals surface area (Å²) in [5.41, 5.74) is 4.85. The molecule has 0 aliphatic carbocycles. The lowest BCUT2D eigenvalue weighted by atomic mass is 9.97. The van der Waals surface area contributed by atoms with Gasteiger partial charge >= 0.3 is 12.1 Å². The van der Waals surface area contributed by atoms with Crippen LogP contribution in [-0.4, -0.2) is 40.5 Å². The summed E-state index contributed by atoms with van der Waals surface area (Å²) in [6.45, 7) is 12.2. The molecule has 1 aromatic carbocycles. The van der Waals surface area contributed by atoms with Gasteiger partial charge in [0.05, 0.1) is 6.54 Å². The van der Waals surface area contributed by atoms with Gasteiger partial charge in [-0.1, -0.05) is 50.8 Å². The van der Waals surface area contributed by atoms with Gasteiger partial charge in [-0.05, 0) is 17.0 Å². The zero-order valence-corrected chi connectivity index (χ0v) is 14.5. The minimum Gasteiger partial charge on any atom is -0.275 e. The van der Waals surface area contributed by atoms with Crippen LogP contribution in [0.15, 0.2) is 49.3 Å². The molecule has 0 unspecified atom stereocenters. The minimum atomic E-state index is -0.439. The Morgan fingerprint density at radius 2 is 1.83 bits per heavy atom. The number of imide groups is 1. The Hall–Kier alpha value is -2.60. The molecule has 24 heavy (non-hydrogen) atoms. The fourth-order valence-corrected chi connectivity index (χ4v) is 2.77. The quantitative estimate of drug-likeness (QED) is 0.816. The lowest BCUT2D eigenvalue weighted by molar-refractivity contribution is 0.0970. The summed E-state index contributed by atoms with van der Waals surface area (Å²) in [5.74, 6) is 0.594. The van der Waals surface area contributed by atoms with E-state index in [2.05, 4.69) is 32.4 Å². The average Bonchev–Trinajstić information content (AvgIpc) is 2.56. The zero-order chi connectivity index (χ0) is 17.9. The number of carbonyl (C=O) groups is 2. The first-order valence-electron chi connectivity index (χ1n) is 7.90. The number of carbonyl (C=O) groups excluding carboxylic acids is 2. The Morgan fingerprint density at radius 1 is 1.17 bits per heavy atom. The largest absolute Gasteiger partial charge is 0.348 e. The van der Waals surface area contributed by atoms with Crippen LogP contribution in [0.4, 0.5) is 9.59 Å². The van der Waals surface area contributed by atoms with Crippen LogP contribution in [0.2, 0.25) is 0 Å².